The summed E-state index contributed by atoms with van der Waals surface area (Å²) in [6.07, 6.45) is 4.53. The van der Waals surface area contributed by atoms with E-state index in [1.807, 2.05) is 24.3 Å². The van der Waals surface area contributed by atoms with Gasteiger partial charge in [0.2, 0.25) is 0 Å². The lowest BCUT2D eigenvalue weighted by atomic mass is 9.93. The summed E-state index contributed by atoms with van der Waals surface area (Å²) in [5, 5.41) is 0. The van der Waals surface area contributed by atoms with Crippen molar-refractivity contribution in [3.63, 3.8) is 0 Å². The van der Waals surface area contributed by atoms with E-state index in [0.29, 0.717) is 11.0 Å². The van der Waals surface area contributed by atoms with Crippen LogP contribution >= 0.6 is 0 Å². The fourth-order valence-corrected chi connectivity index (χ4v) is 2.88. The molecule has 22 heavy (non-hydrogen) atoms. The minimum Gasteiger partial charge on any atom is -0.465 e. The maximum Gasteiger partial charge on any atom is 0.337 e. The SMILES string of the molecule is COC(=O)c1ccc(C=C2CCN(CC(C)(C)C)CC2)cc1. The van der Waals surface area contributed by atoms with Crippen LogP contribution in [0.15, 0.2) is 29.8 Å². The maximum atomic E-state index is 11.4. The van der Waals surface area contributed by atoms with Crippen LogP contribution in [-0.2, 0) is 4.74 Å². The number of likely N-dealkylation sites (tertiary alicyclic amines) is 1. The van der Waals surface area contributed by atoms with Gasteiger partial charge in [-0.05, 0) is 36.0 Å². The molecule has 1 aliphatic heterocycles. The fraction of sp³-hybridized carbons (Fsp3) is 0.526. The van der Waals surface area contributed by atoms with Gasteiger partial charge in [0, 0.05) is 19.6 Å². The third kappa shape index (κ3) is 4.99. The lowest BCUT2D eigenvalue weighted by Gasteiger charge is -2.33. The number of nitrogens with zero attached hydrogens (tertiary/aromatic N) is 1. The molecule has 3 nitrogen and oxygen atoms in total. The molecule has 0 aromatic heterocycles. The Kier molecular flexibility index (Phi) is 5.41. The van der Waals surface area contributed by atoms with Crippen LogP contribution in [0.3, 0.4) is 0 Å². The number of methoxy groups -OCH3 is 1. The van der Waals surface area contributed by atoms with Gasteiger partial charge in [-0.2, -0.15) is 0 Å². The largest absolute Gasteiger partial charge is 0.465 e. The number of hydrogen-bond donors (Lipinski definition) is 0. The number of rotatable bonds is 3. The average molecular weight is 301 g/mol. The molecule has 0 radical (unpaired) electrons. The Labute approximate surface area is 134 Å². The normalized spacial score (nSPS) is 16.5. The van der Waals surface area contributed by atoms with E-state index in [2.05, 4.69) is 31.7 Å². The number of hydrogen-bond acceptors (Lipinski definition) is 3. The fourth-order valence-electron chi connectivity index (χ4n) is 2.88. The number of ether oxygens (including phenoxy) is 1. The molecule has 3 heteroatoms. The molecule has 0 unspecified atom stereocenters. The Bertz CT molecular complexity index is 528. The van der Waals surface area contributed by atoms with Crippen LogP contribution in [0.2, 0.25) is 0 Å². The van der Waals surface area contributed by atoms with E-state index in [0.717, 1.165) is 38.0 Å². The van der Waals surface area contributed by atoms with Crippen molar-refractivity contribution in [1.82, 2.24) is 4.90 Å². The molecule has 0 bridgehead atoms. The second-order valence-electron chi connectivity index (χ2n) is 7.25. The third-order valence-electron chi connectivity index (χ3n) is 3.90. The Morgan fingerprint density at radius 1 is 1.18 bits per heavy atom. The Hall–Kier alpha value is -1.61. The molecule has 2 rings (SSSR count). The number of carbonyl (C=O) groups excluding carboxylic acids is 1. The van der Waals surface area contributed by atoms with Gasteiger partial charge in [0.1, 0.15) is 0 Å². The van der Waals surface area contributed by atoms with Crippen molar-refractivity contribution in [2.24, 2.45) is 5.41 Å². The number of benzene rings is 1. The summed E-state index contributed by atoms with van der Waals surface area (Å²) in [5.41, 5.74) is 3.62. The first-order chi connectivity index (χ1) is 10.4. The molecular formula is C19H27NO2. The highest BCUT2D eigenvalue weighted by atomic mass is 16.5. The standard InChI is InChI=1S/C19H27NO2/c1-19(2,3)14-20-11-9-16(10-12-20)13-15-5-7-17(8-6-15)18(21)22-4/h5-8,13H,9-12,14H2,1-4H3. The van der Waals surface area contributed by atoms with E-state index in [-0.39, 0.29) is 5.97 Å². The Morgan fingerprint density at radius 2 is 1.77 bits per heavy atom. The monoisotopic (exact) mass is 301 g/mol. The summed E-state index contributed by atoms with van der Waals surface area (Å²) in [7, 11) is 1.41. The van der Waals surface area contributed by atoms with Gasteiger partial charge in [0.05, 0.1) is 12.7 Å². The summed E-state index contributed by atoms with van der Waals surface area (Å²) in [5.74, 6) is -0.283. The van der Waals surface area contributed by atoms with Gasteiger partial charge in [-0.1, -0.05) is 44.6 Å². The van der Waals surface area contributed by atoms with Crippen molar-refractivity contribution in [1.29, 1.82) is 0 Å². The molecule has 0 aliphatic carbocycles. The molecule has 1 saturated heterocycles. The van der Waals surface area contributed by atoms with Crippen molar-refractivity contribution >= 4 is 12.0 Å². The molecule has 1 aromatic carbocycles. The van der Waals surface area contributed by atoms with E-state index in [1.165, 1.54) is 12.7 Å². The lowest BCUT2D eigenvalue weighted by molar-refractivity contribution is 0.0600. The van der Waals surface area contributed by atoms with Crippen LogP contribution in [0.25, 0.3) is 6.08 Å². The topological polar surface area (TPSA) is 29.5 Å². The van der Waals surface area contributed by atoms with E-state index in [9.17, 15) is 4.79 Å². The molecule has 1 aromatic rings. The van der Waals surface area contributed by atoms with E-state index < -0.39 is 0 Å². The number of esters is 1. The first-order valence-electron chi connectivity index (χ1n) is 7.97. The molecule has 0 spiro atoms. The van der Waals surface area contributed by atoms with Gasteiger partial charge < -0.3 is 9.64 Å². The maximum absolute atomic E-state index is 11.4. The second kappa shape index (κ2) is 7.10. The van der Waals surface area contributed by atoms with Gasteiger partial charge in [0.15, 0.2) is 0 Å². The molecule has 0 N–H and O–H groups in total. The average Bonchev–Trinajstić information content (AvgIpc) is 2.48. The summed E-state index contributed by atoms with van der Waals surface area (Å²) in [4.78, 5) is 14.0. The molecule has 0 amide bonds. The van der Waals surface area contributed by atoms with Gasteiger partial charge in [0.25, 0.3) is 0 Å². The van der Waals surface area contributed by atoms with Crippen molar-refractivity contribution in [2.45, 2.75) is 33.6 Å². The van der Waals surface area contributed by atoms with Crippen LogP contribution in [0.4, 0.5) is 0 Å². The quantitative estimate of drug-likeness (QED) is 0.790. The van der Waals surface area contributed by atoms with Crippen LogP contribution < -0.4 is 0 Å². The zero-order valence-corrected chi connectivity index (χ0v) is 14.2. The lowest BCUT2D eigenvalue weighted by Crippen LogP contribution is -2.37. The van der Waals surface area contributed by atoms with Gasteiger partial charge >= 0.3 is 5.97 Å². The summed E-state index contributed by atoms with van der Waals surface area (Å²) in [6, 6.07) is 7.63. The van der Waals surface area contributed by atoms with Crippen LogP contribution in [0, 0.1) is 5.41 Å². The van der Waals surface area contributed by atoms with Gasteiger partial charge in [-0.15, -0.1) is 0 Å². The zero-order valence-electron chi connectivity index (χ0n) is 14.2. The van der Waals surface area contributed by atoms with Crippen molar-refractivity contribution < 1.29 is 9.53 Å². The molecule has 120 valence electrons. The van der Waals surface area contributed by atoms with Crippen molar-refractivity contribution in [2.75, 3.05) is 26.7 Å². The predicted molar refractivity (Wildman–Crippen MR) is 90.9 cm³/mol. The summed E-state index contributed by atoms with van der Waals surface area (Å²) in [6.45, 7) is 10.3. The van der Waals surface area contributed by atoms with E-state index in [4.69, 9.17) is 4.74 Å². The molecular weight excluding hydrogens is 274 g/mol. The zero-order chi connectivity index (χ0) is 16.2. The van der Waals surface area contributed by atoms with Crippen molar-refractivity contribution in [3.8, 4) is 0 Å². The van der Waals surface area contributed by atoms with Crippen LogP contribution in [-0.4, -0.2) is 37.6 Å². The highest BCUT2D eigenvalue weighted by Gasteiger charge is 2.19. The molecule has 1 heterocycles. The number of piperidine rings is 1. The Balaban J connectivity index is 1.93. The molecule has 1 fully saturated rings. The van der Waals surface area contributed by atoms with Crippen LogP contribution in [0.5, 0.6) is 0 Å². The van der Waals surface area contributed by atoms with E-state index in [1.54, 1.807) is 0 Å². The molecule has 0 atom stereocenters. The van der Waals surface area contributed by atoms with Gasteiger partial charge in [-0.3, -0.25) is 0 Å². The Morgan fingerprint density at radius 3 is 2.27 bits per heavy atom. The van der Waals surface area contributed by atoms with Crippen LogP contribution in [0.1, 0.15) is 49.5 Å². The minimum absolute atomic E-state index is 0.283. The highest BCUT2D eigenvalue weighted by Crippen LogP contribution is 2.23. The number of carbonyl (C=O) groups is 1. The summed E-state index contributed by atoms with van der Waals surface area (Å²) >= 11 is 0. The predicted octanol–water partition coefficient (Wildman–Crippen LogP) is 4.00. The van der Waals surface area contributed by atoms with Gasteiger partial charge in [-0.25, -0.2) is 4.79 Å². The molecule has 1 aliphatic rings. The van der Waals surface area contributed by atoms with Crippen molar-refractivity contribution in [3.05, 3.63) is 41.0 Å². The third-order valence-corrected chi connectivity index (χ3v) is 3.90. The first-order valence-corrected chi connectivity index (χ1v) is 7.97. The first kappa shape index (κ1) is 16.8. The summed E-state index contributed by atoms with van der Waals surface area (Å²) < 4.78 is 4.72. The smallest absolute Gasteiger partial charge is 0.337 e. The van der Waals surface area contributed by atoms with E-state index >= 15 is 0 Å². The second-order valence-corrected chi connectivity index (χ2v) is 7.25. The highest BCUT2D eigenvalue weighted by molar-refractivity contribution is 5.89. The minimum atomic E-state index is -0.283. The molecule has 0 saturated carbocycles.